The van der Waals surface area contributed by atoms with E-state index in [1.54, 1.807) is 7.05 Å². The summed E-state index contributed by atoms with van der Waals surface area (Å²) < 4.78 is 5.81. The lowest BCUT2D eigenvalue weighted by Gasteiger charge is -2.39. The number of amides is 3. The number of aromatic nitrogens is 1. The number of rotatable bonds is 4. The van der Waals surface area contributed by atoms with Crippen molar-refractivity contribution in [2.75, 3.05) is 32.4 Å². The zero-order valence-electron chi connectivity index (χ0n) is 17.7. The smallest absolute Gasteiger partial charge is 0.325 e. The van der Waals surface area contributed by atoms with Gasteiger partial charge in [-0.15, -0.1) is 0 Å². The van der Waals surface area contributed by atoms with E-state index in [1.165, 1.54) is 16.7 Å². The molecule has 2 atom stereocenters. The van der Waals surface area contributed by atoms with E-state index in [-0.39, 0.29) is 5.91 Å². The molecule has 10 heteroatoms. The number of benzene rings is 1. The van der Waals surface area contributed by atoms with Crippen LogP contribution in [0.4, 0.5) is 4.79 Å². The van der Waals surface area contributed by atoms with Crippen LogP contribution in [0.15, 0.2) is 38.9 Å². The van der Waals surface area contributed by atoms with Crippen LogP contribution in [-0.4, -0.2) is 82.2 Å². The molecule has 2 unspecified atom stereocenters. The Balaban J connectivity index is 1.34. The maximum absolute atomic E-state index is 12.7. The second kappa shape index (κ2) is 8.07. The van der Waals surface area contributed by atoms with Gasteiger partial charge in [0, 0.05) is 32.4 Å². The van der Waals surface area contributed by atoms with Crippen LogP contribution >= 0.6 is 11.8 Å². The number of piperidine rings is 1. The molecule has 0 bridgehead atoms. The highest BCUT2D eigenvalue weighted by atomic mass is 32.2. The largest absolute Gasteiger partial charge is 0.431 e. The van der Waals surface area contributed by atoms with Crippen LogP contribution in [0.25, 0.3) is 11.1 Å². The molecule has 31 heavy (non-hydrogen) atoms. The molecular formula is C21H26N6O3S. The summed E-state index contributed by atoms with van der Waals surface area (Å²) in [6, 6.07) is 6.78. The maximum atomic E-state index is 12.7. The minimum atomic E-state index is -0.513. The van der Waals surface area contributed by atoms with Gasteiger partial charge in [-0.3, -0.25) is 10.1 Å². The van der Waals surface area contributed by atoms with Crippen molar-refractivity contribution in [3.05, 3.63) is 24.3 Å². The van der Waals surface area contributed by atoms with Crippen LogP contribution in [0.2, 0.25) is 0 Å². The van der Waals surface area contributed by atoms with Gasteiger partial charge in [0.2, 0.25) is 0 Å². The molecule has 2 aromatic rings. The number of urea groups is 1. The number of hydrogen-bond acceptors (Lipinski definition) is 8. The molecule has 1 N–H and O–H groups in total. The number of fused-ring (bicyclic) bond motifs is 2. The summed E-state index contributed by atoms with van der Waals surface area (Å²) >= 11 is 1.52. The SMILES string of the molecule is CC1CCN(C2=NC3C(C(=O)NC(=O)N3C)N2CCSc2nc3ccccc3o2)CC1. The van der Waals surface area contributed by atoms with Crippen molar-refractivity contribution in [1.29, 1.82) is 0 Å². The number of aliphatic imine (C=N–C) groups is 1. The minimum Gasteiger partial charge on any atom is -0.431 e. The molecule has 0 aliphatic carbocycles. The first-order valence-corrected chi connectivity index (χ1v) is 11.7. The van der Waals surface area contributed by atoms with Crippen LogP contribution in [-0.2, 0) is 4.79 Å². The number of thioether (sulfide) groups is 1. The van der Waals surface area contributed by atoms with E-state index in [4.69, 9.17) is 9.41 Å². The lowest BCUT2D eigenvalue weighted by atomic mass is 9.99. The number of likely N-dealkylation sites (tertiary alicyclic amines) is 1. The van der Waals surface area contributed by atoms with Crippen LogP contribution in [0.1, 0.15) is 19.8 Å². The summed E-state index contributed by atoms with van der Waals surface area (Å²) in [5, 5.41) is 3.08. The number of nitrogens with zero attached hydrogens (tertiary/aromatic N) is 5. The summed E-state index contributed by atoms with van der Waals surface area (Å²) in [7, 11) is 1.69. The van der Waals surface area contributed by atoms with Crippen molar-refractivity contribution in [2.45, 2.75) is 37.2 Å². The van der Waals surface area contributed by atoms with Gasteiger partial charge in [0.25, 0.3) is 11.1 Å². The third-order valence-electron chi connectivity index (χ3n) is 6.24. The van der Waals surface area contributed by atoms with Gasteiger partial charge < -0.3 is 19.1 Å². The number of hydrogen-bond donors (Lipinski definition) is 1. The highest BCUT2D eigenvalue weighted by Crippen LogP contribution is 2.29. The predicted molar refractivity (Wildman–Crippen MR) is 118 cm³/mol. The van der Waals surface area contributed by atoms with Crippen molar-refractivity contribution in [2.24, 2.45) is 10.9 Å². The van der Waals surface area contributed by atoms with E-state index in [0.717, 1.165) is 43.0 Å². The Labute approximate surface area is 184 Å². The van der Waals surface area contributed by atoms with E-state index >= 15 is 0 Å². The number of oxazole rings is 1. The highest BCUT2D eigenvalue weighted by Gasteiger charge is 2.49. The van der Waals surface area contributed by atoms with Crippen LogP contribution in [0.5, 0.6) is 0 Å². The number of imide groups is 1. The van der Waals surface area contributed by atoms with Gasteiger partial charge in [-0.1, -0.05) is 30.8 Å². The van der Waals surface area contributed by atoms with E-state index in [9.17, 15) is 9.59 Å². The quantitative estimate of drug-likeness (QED) is 0.726. The Morgan fingerprint density at radius 1 is 1.23 bits per heavy atom. The third-order valence-corrected chi connectivity index (χ3v) is 7.05. The normalized spacial score (nSPS) is 24.6. The zero-order valence-corrected chi connectivity index (χ0v) is 18.5. The van der Waals surface area contributed by atoms with Crippen molar-refractivity contribution in [1.82, 2.24) is 25.0 Å². The third kappa shape index (κ3) is 3.73. The monoisotopic (exact) mass is 442 g/mol. The molecule has 0 spiro atoms. The van der Waals surface area contributed by atoms with Gasteiger partial charge in [0.1, 0.15) is 5.52 Å². The number of para-hydroxylation sites is 2. The number of nitrogens with one attached hydrogen (secondary N) is 1. The second-order valence-electron chi connectivity index (χ2n) is 8.35. The molecule has 3 aliphatic heterocycles. The molecule has 164 valence electrons. The first-order valence-electron chi connectivity index (χ1n) is 10.7. The fraction of sp³-hybridized carbons (Fsp3) is 0.524. The lowest BCUT2D eigenvalue weighted by molar-refractivity contribution is -0.127. The molecule has 5 rings (SSSR count). The molecular weight excluding hydrogens is 416 g/mol. The van der Waals surface area contributed by atoms with Crippen molar-refractivity contribution < 1.29 is 14.0 Å². The van der Waals surface area contributed by atoms with Crippen molar-refractivity contribution in [3.8, 4) is 0 Å². The first kappa shape index (κ1) is 20.2. The van der Waals surface area contributed by atoms with Gasteiger partial charge in [-0.2, -0.15) is 0 Å². The summed E-state index contributed by atoms with van der Waals surface area (Å²) in [5.74, 6) is 1.90. The summed E-state index contributed by atoms with van der Waals surface area (Å²) in [5.41, 5.74) is 1.60. The fourth-order valence-electron chi connectivity index (χ4n) is 4.37. The van der Waals surface area contributed by atoms with Crippen molar-refractivity contribution >= 4 is 40.8 Å². The van der Waals surface area contributed by atoms with Gasteiger partial charge in [0.15, 0.2) is 23.8 Å². The Kier molecular flexibility index (Phi) is 5.25. The standard InChI is InChI=1S/C21H26N6O3S/c1-13-7-9-26(10-8-13)19-23-17-16(18(28)24-20(29)25(17)2)27(19)11-12-31-21-22-14-5-3-4-6-15(14)30-21/h3-6,13,16-17H,7-12H2,1-2H3,(H,24,28,29). The molecule has 2 saturated heterocycles. The maximum Gasteiger partial charge on any atom is 0.325 e. The topological polar surface area (TPSA) is 94.3 Å². The number of carbonyl (C=O) groups is 2. The molecule has 0 radical (unpaired) electrons. The van der Waals surface area contributed by atoms with E-state index < -0.39 is 18.2 Å². The molecule has 3 aliphatic rings. The minimum absolute atomic E-state index is 0.288. The average Bonchev–Trinajstić information content (AvgIpc) is 3.34. The molecule has 1 aromatic heterocycles. The van der Waals surface area contributed by atoms with Gasteiger partial charge in [0.05, 0.1) is 0 Å². The summed E-state index contributed by atoms with van der Waals surface area (Å²) in [6.07, 6.45) is 1.70. The van der Waals surface area contributed by atoms with Gasteiger partial charge in [-0.05, 0) is 30.9 Å². The second-order valence-corrected chi connectivity index (χ2v) is 9.40. The van der Waals surface area contributed by atoms with Crippen LogP contribution in [0, 0.1) is 5.92 Å². The Morgan fingerprint density at radius 3 is 2.77 bits per heavy atom. The lowest BCUT2D eigenvalue weighted by Crippen LogP contribution is -2.64. The Bertz CT molecular complexity index is 998. The summed E-state index contributed by atoms with van der Waals surface area (Å²) in [4.78, 5) is 40.1. The fourth-order valence-corrected chi connectivity index (χ4v) is 5.14. The Morgan fingerprint density at radius 2 is 2.00 bits per heavy atom. The molecule has 1 aromatic carbocycles. The number of likely N-dealkylation sites (N-methyl/N-ethyl adjacent to an activating group) is 1. The van der Waals surface area contributed by atoms with Crippen LogP contribution < -0.4 is 5.32 Å². The predicted octanol–water partition coefficient (Wildman–Crippen LogP) is 2.20. The zero-order chi connectivity index (χ0) is 21.5. The molecule has 3 amide bonds. The first-order chi connectivity index (χ1) is 15.0. The molecule has 2 fully saturated rings. The molecule has 9 nitrogen and oxygen atoms in total. The van der Waals surface area contributed by atoms with E-state index in [2.05, 4.69) is 27.0 Å². The van der Waals surface area contributed by atoms with Crippen LogP contribution in [0.3, 0.4) is 0 Å². The average molecular weight is 443 g/mol. The number of carbonyl (C=O) groups excluding carboxylic acids is 2. The molecule has 4 heterocycles. The van der Waals surface area contributed by atoms with E-state index in [0.29, 0.717) is 23.4 Å². The number of guanidine groups is 1. The van der Waals surface area contributed by atoms with Crippen molar-refractivity contribution in [3.63, 3.8) is 0 Å². The highest BCUT2D eigenvalue weighted by molar-refractivity contribution is 7.99. The van der Waals surface area contributed by atoms with Gasteiger partial charge >= 0.3 is 6.03 Å². The molecule has 0 saturated carbocycles. The van der Waals surface area contributed by atoms with Gasteiger partial charge in [-0.25, -0.2) is 14.8 Å². The summed E-state index contributed by atoms with van der Waals surface area (Å²) in [6.45, 7) is 4.69. The Hall–Kier alpha value is -2.75. The van der Waals surface area contributed by atoms with E-state index in [1.807, 2.05) is 24.3 Å².